The van der Waals surface area contributed by atoms with Crippen molar-refractivity contribution >= 4 is 35.6 Å². The summed E-state index contributed by atoms with van der Waals surface area (Å²) >= 11 is 0. The number of primary amides is 1. The fourth-order valence-corrected chi connectivity index (χ4v) is 3.48. The number of hydrogen-bond acceptors (Lipinski definition) is 8. The number of aliphatic hydroxyl groups is 1. The Hall–Kier alpha value is -3.46. The number of aliphatic hydroxyl groups excluding tert-OH is 1. The summed E-state index contributed by atoms with van der Waals surface area (Å²) in [6, 6.07) is -5.00. The van der Waals surface area contributed by atoms with Crippen LogP contribution < -0.4 is 33.6 Å². The summed E-state index contributed by atoms with van der Waals surface area (Å²) in [4.78, 5) is 65.9. The molecule has 1 heterocycles. The summed E-state index contributed by atoms with van der Waals surface area (Å²) in [5.41, 5.74) is 21.6. The molecule has 0 radical (unpaired) electrons. The number of guanidine groups is 1. The molecule has 0 aromatic heterocycles. The van der Waals surface area contributed by atoms with Crippen molar-refractivity contribution in [2.45, 2.75) is 69.3 Å². The van der Waals surface area contributed by atoms with Crippen LogP contribution in [0.3, 0.4) is 0 Å². The van der Waals surface area contributed by atoms with Crippen LogP contribution in [0, 0.1) is 0 Å². The quantitative estimate of drug-likeness (QED) is 0.0704. The van der Waals surface area contributed by atoms with Gasteiger partial charge in [-0.3, -0.25) is 24.2 Å². The van der Waals surface area contributed by atoms with Crippen LogP contribution in [0.15, 0.2) is 4.99 Å². The van der Waals surface area contributed by atoms with Crippen LogP contribution in [-0.4, -0.2) is 94.0 Å². The number of amides is 4. The first-order chi connectivity index (χ1) is 15.8. The van der Waals surface area contributed by atoms with Gasteiger partial charge in [0, 0.05) is 13.1 Å². The first kappa shape index (κ1) is 28.6. The van der Waals surface area contributed by atoms with Gasteiger partial charge in [0.2, 0.25) is 23.6 Å². The van der Waals surface area contributed by atoms with Gasteiger partial charge in [-0.1, -0.05) is 0 Å². The normalized spacial score (nSPS) is 18.8. The Labute approximate surface area is 196 Å². The van der Waals surface area contributed by atoms with Crippen molar-refractivity contribution in [2.75, 3.05) is 13.1 Å². The molecule has 1 fully saturated rings. The Kier molecular flexibility index (Phi) is 11.2. The second-order valence-electron chi connectivity index (χ2n) is 8.04. The summed E-state index contributed by atoms with van der Waals surface area (Å²) in [7, 11) is 0. The molecular formula is C19H34N8O7. The van der Waals surface area contributed by atoms with E-state index in [4.69, 9.17) is 28.0 Å². The lowest BCUT2D eigenvalue weighted by molar-refractivity contribution is -0.145. The fraction of sp³-hybridized carbons (Fsp3) is 0.684. The highest BCUT2D eigenvalue weighted by Gasteiger charge is 2.38. The van der Waals surface area contributed by atoms with E-state index in [9.17, 15) is 29.1 Å². The summed E-state index contributed by atoms with van der Waals surface area (Å²) in [6.07, 6.45) is -0.514. The Bertz CT molecular complexity index is 800. The highest BCUT2D eigenvalue weighted by atomic mass is 16.4. The fourth-order valence-electron chi connectivity index (χ4n) is 3.48. The van der Waals surface area contributed by atoms with E-state index in [-0.39, 0.29) is 18.9 Å². The van der Waals surface area contributed by atoms with Crippen LogP contribution in [0.4, 0.5) is 0 Å². The van der Waals surface area contributed by atoms with Crippen molar-refractivity contribution in [1.82, 2.24) is 15.5 Å². The SMILES string of the molecule is CC(O)C(NC(=O)C(CC(N)=O)NC(=O)C1CCCN1C(=O)C(N)CCCN=C(N)N)C(=O)O. The van der Waals surface area contributed by atoms with Gasteiger partial charge in [0.15, 0.2) is 12.0 Å². The smallest absolute Gasteiger partial charge is 0.328 e. The molecule has 0 aromatic rings. The lowest BCUT2D eigenvalue weighted by Crippen LogP contribution is -2.58. The molecule has 0 saturated carbocycles. The highest BCUT2D eigenvalue weighted by Crippen LogP contribution is 2.19. The lowest BCUT2D eigenvalue weighted by atomic mass is 10.1. The van der Waals surface area contributed by atoms with E-state index >= 15 is 0 Å². The number of nitrogens with one attached hydrogen (secondary N) is 2. The van der Waals surface area contributed by atoms with Crippen LogP contribution >= 0.6 is 0 Å². The number of aliphatic imine (C=N–C) groups is 1. The average Bonchev–Trinajstić information content (AvgIpc) is 3.22. The molecule has 0 aromatic carbocycles. The van der Waals surface area contributed by atoms with Gasteiger partial charge in [-0.25, -0.2) is 4.79 Å². The predicted molar refractivity (Wildman–Crippen MR) is 120 cm³/mol. The summed E-state index contributed by atoms with van der Waals surface area (Å²) in [5.74, 6) is -4.70. The number of nitrogens with two attached hydrogens (primary N) is 4. The third-order valence-electron chi connectivity index (χ3n) is 5.21. The highest BCUT2D eigenvalue weighted by molar-refractivity contribution is 5.96. The van der Waals surface area contributed by atoms with Gasteiger partial charge >= 0.3 is 5.97 Å². The number of aliphatic carboxylic acids is 1. The Morgan fingerprint density at radius 1 is 1.15 bits per heavy atom. The topological polar surface area (TPSA) is 270 Å². The second-order valence-corrected chi connectivity index (χ2v) is 8.04. The molecule has 1 aliphatic heterocycles. The lowest BCUT2D eigenvalue weighted by Gasteiger charge is -2.28. The molecule has 1 saturated heterocycles. The molecule has 15 nitrogen and oxygen atoms in total. The van der Waals surface area contributed by atoms with Gasteiger partial charge in [0.25, 0.3) is 0 Å². The molecule has 1 aliphatic rings. The number of carboxylic acids is 1. The van der Waals surface area contributed by atoms with Crippen molar-refractivity contribution in [2.24, 2.45) is 27.9 Å². The molecule has 4 amide bonds. The van der Waals surface area contributed by atoms with E-state index < -0.39 is 66.3 Å². The van der Waals surface area contributed by atoms with Crippen molar-refractivity contribution in [1.29, 1.82) is 0 Å². The van der Waals surface area contributed by atoms with Crippen LogP contribution in [0.25, 0.3) is 0 Å². The third-order valence-corrected chi connectivity index (χ3v) is 5.21. The third kappa shape index (κ3) is 8.82. The molecule has 0 aliphatic carbocycles. The van der Waals surface area contributed by atoms with Gasteiger partial charge in [-0.05, 0) is 32.6 Å². The minimum Gasteiger partial charge on any atom is -0.480 e. The molecule has 5 unspecified atom stereocenters. The standard InChI is InChI=1S/C19H34N8O7/c1-9(28)14(18(33)34)26-15(30)11(8-13(21)29)25-16(31)12-5-3-7-27(12)17(32)10(20)4-2-6-24-19(22)23/h9-12,14,28H,2-8,20H2,1H3,(H2,21,29)(H,25,31)(H,26,30)(H,33,34)(H4,22,23,24). The Morgan fingerprint density at radius 2 is 1.79 bits per heavy atom. The van der Waals surface area contributed by atoms with E-state index in [1.165, 1.54) is 4.90 Å². The van der Waals surface area contributed by atoms with Crippen LogP contribution in [0.1, 0.15) is 39.0 Å². The molecule has 12 N–H and O–H groups in total. The molecule has 1 rings (SSSR count). The molecule has 0 bridgehead atoms. The second kappa shape index (κ2) is 13.3. The van der Waals surface area contributed by atoms with Gasteiger partial charge in [0.05, 0.1) is 18.6 Å². The molecular weight excluding hydrogens is 452 g/mol. The first-order valence-electron chi connectivity index (χ1n) is 10.8. The van der Waals surface area contributed by atoms with E-state index in [1.807, 2.05) is 0 Å². The number of carbonyl (C=O) groups excluding carboxylic acids is 4. The summed E-state index contributed by atoms with van der Waals surface area (Å²) in [6.45, 7) is 1.72. The largest absolute Gasteiger partial charge is 0.480 e. The number of carboxylic acid groups (broad SMARTS) is 1. The van der Waals surface area contributed by atoms with E-state index in [1.54, 1.807) is 0 Å². The van der Waals surface area contributed by atoms with Crippen molar-refractivity contribution < 1.29 is 34.2 Å². The zero-order chi connectivity index (χ0) is 26.0. The van der Waals surface area contributed by atoms with Crippen molar-refractivity contribution in [3.63, 3.8) is 0 Å². The van der Waals surface area contributed by atoms with E-state index in [0.29, 0.717) is 25.8 Å². The molecule has 34 heavy (non-hydrogen) atoms. The monoisotopic (exact) mass is 486 g/mol. The van der Waals surface area contributed by atoms with Gasteiger partial charge in [-0.15, -0.1) is 0 Å². The van der Waals surface area contributed by atoms with Crippen LogP contribution in [0.2, 0.25) is 0 Å². The Morgan fingerprint density at radius 3 is 2.32 bits per heavy atom. The maximum absolute atomic E-state index is 12.9. The number of hydrogen-bond donors (Lipinski definition) is 8. The predicted octanol–water partition coefficient (Wildman–Crippen LogP) is -4.33. The number of carbonyl (C=O) groups is 5. The maximum Gasteiger partial charge on any atom is 0.328 e. The molecule has 192 valence electrons. The average molecular weight is 487 g/mol. The van der Waals surface area contributed by atoms with Gasteiger partial charge in [-0.2, -0.15) is 0 Å². The van der Waals surface area contributed by atoms with Gasteiger partial charge in [0.1, 0.15) is 12.1 Å². The first-order valence-corrected chi connectivity index (χ1v) is 10.8. The minimum absolute atomic E-state index is 0.0751. The zero-order valence-corrected chi connectivity index (χ0v) is 19.0. The Balaban J connectivity index is 2.85. The van der Waals surface area contributed by atoms with Crippen molar-refractivity contribution in [3.05, 3.63) is 0 Å². The van der Waals surface area contributed by atoms with Crippen LogP contribution in [-0.2, 0) is 24.0 Å². The zero-order valence-electron chi connectivity index (χ0n) is 19.0. The minimum atomic E-state index is -1.67. The van der Waals surface area contributed by atoms with Gasteiger partial charge < -0.3 is 48.7 Å². The maximum atomic E-state index is 12.9. The number of nitrogens with zero attached hydrogens (tertiary/aromatic N) is 2. The summed E-state index contributed by atoms with van der Waals surface area (Å²) < 4.78 is 0. The molecule has 0 spiro atoms. The summed E-state index contributed by atoms with van der Waals surface area (Å²) in [5, 5.41) is 23.1. The van der Waals surface area contributed by atoms with E-state index in [2.05, 4.69) is 15.6 Å². The molecule has 5 atom stereocenters. The van der Waals surface area contributed by atoms with Crippen LogP contribution in [0.5, 0.6) is 0 Å². The number of likely N-dealkylation sites (tertiary alicyclic amines) is 1. The van der Waals surface area contributed by atoms with E-state index in [0.717, 1.165) is 6.92 Å². The molecule has 15 heteroatoms. The van der Waals surface area contributed by atoms with Crippen molar-refractivity contribution in [3.8, 4) is 0 Å². The number of rotatable bonds is 13.